The van der Waals surface area contributed by atoms with Gasteiger partial charge >= 0.3 is 0 Å². The first-order valence-corrected chi connectivity index (χ1v) is 6.61. The van der Waals surface area contributed by atoms with Crippen molar-refractivity contribution in [2.24, 2.45) is 0 Å². The maximum Gasteiger partial charge on any atom is 0.0700 e. The lowest BCUT2D eigenvalue weighted by Crippen LogP contribution is -2.17. The molecule has 1 aromatic rings. The summed E-state index contributed by atoms with van der Waals surface area (Å²) in [7, 11) is 2.03. The van der Waals surface area contributed by atoms with Gasteiger partial charge in [0.1, 0.15) is 0 Å². The molecule has 2 N–H and O–H groups in total. The van der Waals surface area contributed by atoms with E-state index in [1.807, 2.05) is 7.05 Å². The minimum absolute atomic E-state index is 0.744. The molecule has 0 unspecified atom stereocenters. The molecular weight excluding hydrogens is 198 g/mol. The lowest BCUT2D eigenvalue weighted by atomic mass is 9.77. The molecule has 0 radical (unpaired) electrons. The van der Waals surface area contributed by atoms with Gasteiger partial charge in [-0.1, -0.05) is 12.8 Å². The van der Waals surface area contributed by atoms with Crippen molar-refractivity contribution in [2.45, 2.75) is 56.9 Å². The molecule has 1 aromatic heterocycles. The van der Waals surface area contributed by atoms with Gasteiger partial charge in [-0.3, -0.25) is 5.10 Å². The van der Waals surface area contributed by atoms with Crippen LogP contribution >= 0.6 is 0 Å². The smallest absolute Gasteiger partial charge is 0.0700 e. The predicted octanol–water partition coefficient (Wildman–Crippen LogP) is 2.66. The van der Waals surface area contributed by atoms with Crippen molar-refractivity contribution in [3.05, 3.63) is 17.0 Å². The minimum Gasteiger partial charge on any atom is -0.316 e. The second-order valence-corrected chi connectivity index (χ2v) is 5.29. The molecule has 3 heteroatoms. The molecule has 3 nitrogen and oxygen atoms in total. The van der Waals surface area contributed by atoms with Crippen LogP contribution in [0.15, 0.2) is 0 Å². The first kappa shape index (κ1) is 10.3. The summed E-state index contributed by atoms with van der Waals surface area (Å²) in [6, 6.07) is 0. The highest BCUT2D eigenvalue weighted by Crippen LogP contribution is 2.42. The van der Waals surface area contributed by atoms with Crippen LogP contribution in [-0.4, -0.2) is 17.2 Å². The Balaban J connectivity index is 1.88. The zero-order valence-corrected chi connectivity index (χ0v) is 10.1. The molecule has 0 bridgehead atoms. The van der Waals surface area contributed by atoms with Gasteiger partial charge in [0.25, 0.3) is 0 Å². The highest BCUT2D eigenvalue weighted by atomic mass is 15.1. The van der Waals surface area contributed by atoms with Crippen molar-refractivity contribution in [3.8, 4) is 0 Å². The van der Waals surface area contributed by atoms with E-state index in [1.54, 1.807) is 0 Å². The Labute approximate surface area is 97.0 Å². The first-order valence-electron chi connectivity index (χ1n) is 6.61. The van der Waals surface area contributed by atoms with Gasteiger partial charge in [-0.15, -0.1) is 0 Å². The van der Waals surface area contributed by atoms with Crippen LogP contribution in [0.3, 0.4) is 0 Å². The molecule has 2 aliphatic carbocycles. The fourth-order valence-electron chi connectivity index (χ4n) is 2.81. The van der Waals surface area contributed by atoms with E-state index in [-0.39, 0.29) is 0 Å². The monoisotopic (exact) mass is 219 g/mol. The third kappa shape index (κ3) is 1.58. The van der Waals surface area contributed by atoms with Crippen LogP contribution in [0, 0.1) is 0 Å². The number of nitrogens with one attached hydrogen (secondary N) is 2. The maximum atomic E-state index is 4.59. The van der Waals surface area contributed by atoms with E-state index < -0.39 is 0 Å². The molecule has 2 aliphatic rings. The highest BCUT2D eigenvalue weighted by molar-refractivity contribution is 5.32. The van der Waals surface area contributed by atoms with Gasteiger partial charge in [-0.25, -0.2) is 0 Å². The van der Waals surface area contributed by atoms with E-state index in [0.29, 0.717) is 0 Å². The van der Waals surface area contributed by atoms with E-state index in [0.717, 1.165) is 18.4 Å². The standard InChI is InChI=1S/C13H21N3/c1-14-8-11-12(9-4-2-5-9)15-16-13(11)10-6-3-7-10/h9-10,14H,2-8H2,1H3,(H,15,16). The van der Waals surface area contributed by atoms with Crippen molar-refractivity contribution in [2.75, 3.05) is 7.05 Å². The fraction of sp³-hybridized carbons (Fsp3) is 0.769. The summed E-state index contributed by atoms with van der Waals surface area (Å²) in [5.41, 5.74) is 4.28. The number of hydrogen-bond acceptors (Lipinski definition) is 2. The summed E-state index contributed by atoms with van der Waals surface area (Å²) < 4.78 is 0. The van der Waals surface area contributed by atoms with Crippen molar-refractivity contribution in [1.82, 2.24) is 15.5 Å². The second-order valence-electron chi connectivity index (χ2n) is 5.29. The number of rotatable bonds is 4. The van der Waals surface area contributed by atoms with Gasteiger partial charge in [-0.2, -0.15) is 5.10 Å². The number of H-pyrrole nitrogens is 1. The average molecular weight is 219 g/mol. The SMILES string of the molecule is CNCc1c(C2CCC2)n[nH]c1C1CCC1. The van der Waals surface area contributed by atoms with Crippen LogP contribution < -0.4 is 5.32 Å². The van der Waals surface area contributed by atoms with Gasteiger partial charge in [0.2, 0.25) is 0 Å². The van der Waals surface area contributed by atoms with Crippen molar-refractivity contribution in [1.29, 1.82) is 0 Å². The first-order chi connectivity index (χ1) is 7.90. The van der Waals surface area contributed by atoms with E-state index in [2.05, 4.69) is 15.5 Å². The van der Waals surface area contributed by atoms with Crippen LogP contribution in [0.1, 0.15) is 67.3 Å². The van der Waals surface area contributed by atoms with Crippen molar-refractivity contribution >= 4 is 0 Å². The molecule has 1 heterocycles. The van der Waals surface area contributed by atoms with Gasteiger partial charge in [0.15, 0.2) is 0 Å². The number of aromatic amines is 1. The Kier molecular flexibility index (Phi) is 2.72. The predicted molar refractivity (Wildman–Crippen MR) is 64.5 cm³/mol. The Morgan fingerprint density at radius 2 is 1.88 bits per heavy atom. The molecule has 0 aliphatic heterocycles. The number of hydrogen-bond donors (Lipinski definition) is 2. The van der Waals surface area contributed by atoms with Crippen LogP contribution in [0.25, 0.3) is 0 Å². The van der Waals surface area contributed by atoms with Gasteiger partial charge < -0.3 is 5.32 Å². The number of aromatic nitrogens is 2. The third-order valence-electron chi connectivity index (χ3n) is 4.29. The molecular formula is C13H21N3. The van der Waals surface area contributed by atoms with Crippen LogP contribution in [0.5, 0.6) is 0 Å². The normalized spacial score (nSPS) is 21.8. The van der Waals surface area contributed by atoms with Gasteiger partial charge in [0.05, 0.1) is 5.69 Å². The summed E-state index contributed by atoms with van der Waals surface area (Å²) in [4.78, 5) is 0. The Morgan fingerprint density at radius 1 is 1.19 bits per heavy atom. The van der Waals surface area contributed by atoms with Crippen molar-refractivity contribution < 1.29 is 0 Å². The van der Waals surface area contributed by atoms with Crippen LogP contribution in [0.2, 0.25) is 0 Å². The third-order valence-corrected chi connectivity index (χ3v) is 4.29. The Morgan fingerprint density at radius 3 is 2.38 bits per heavy atom. The fourth-order valence-corrected chi connectivity index (χ4v) is 2.81. The molecule has 0 spiro atoms. The second kappa shape index (κ2) is 4.21. The molecule has 3 rings (SSSR count). The van der Waals surface area contributed by atoms with E-state index >= 15 is 0 Å². The van der Waals surface area contributed by atoms with Gasteiger partial charge in [-0.05, 0) is 32.7 Å². The topological polar surface area (TPSA) is 40.7 Å². The zero-order valence-electron chi connectivity index (χ0n) is 10.1. The van der Waals surface area contributed by atoms with E-state index in [4.69, 9.17) is 0 Å². The maximum absolute atomic E-state index is 4.59. The van der Waals surface area contributed by atoms with E-state index in [9.17, 15) is 0 Å². The summed E-state index contributed by atoms with van der Waals surface area (Å²) in [5.74, 6) is 1.51. The largest absolute Gasteiger partial charge is 0.316 e. The molecule has 2 fully saturated rings. The number of nitrogens with zero attached hydrogens (tertiary/aromatic N) is 1. The minimum atomic E-state index is 0.744. The quantitative estimate of drug-likeness (QED) is 0.817. The molecule has 16 heavy (non-hydrogen) atoms. The van der Waals surface area contributed by atoms with Crippen LogP contribution in [0.4, 0.5) is 0 Å². The summed E-state index contributed by atoms with van der Waals surface area (Å²) >= 11 is 0. The molecule has 88 valence electrons. The Bertz CT molecular complexity index is 330. The van der Waals surface area contributed by atoms with E-state index in [1.165, 1.54) is 55.5 Å². The summed E-state index contributed by atoms with van der Waals surface area (Å²) in [6.45, 7) is 0.980. The lowest BCUT2D eigenvalue weighted by molar-refractivity contribution is 0.404. The average Bonchev–Trinajstić information content (AvgIpc) is 2.46. The van der Waals surface area contributed by atoms with Crippen LogP contribution in [-0.2, 0) is 6.54 Å². The Hall–Kier alpha value is -0.830. The molecule has 0 atom stereocenters. The lowest BCUT2D eigenvalue weighted by Gasteiger charge is -2.27. The highest BCUT2D eigenvalue weighted by Gasteiger charge is 2.30. The molecule has 0 aromatic carbocycles. The summed E-state index contributed by atoms with van der Waals surface area (Å²) in [5, 5.41) is 11.2. The molecule has 0 amide bonds. The molecule has 0 saturated heterocycles. The van der Waals surface area contributed by atoms with Gasteiger partial charge in [0, 0.05) is 29.6 Å². The molecule has 2 saturated carbocycles. The zero-order chi connectivity index (χ0) is 11.0. The summed E-state index contributed by atoms with van der Waals surface area (Å²) in [6.07, 6.45) is 8.15. The van der Waals surface area contributed by atoms with Crippen molar-refractivity contribution in [3.63, 3.8) is 0 Å².